The number of benzene rings is 2. The second-order valence-electron chi connectivity index (χ2n) is 7.34. The van der Waals surface area contributed by atoms with Crippen LogP contribution in [0.4, 0.5) is 0 Å². The van der Waals surface area contributed by atoms with E-state index in [-0.39, 0.29) is 30.5 Å². The second-order valence-corrected chi connectivity index (χ2v) is 7.34. The van der Waals surface area contributed by atoms with Crippen LogP contribution in [0.3, 0.4) is 0 Å². The summed E-state index contributed by atoms with van der Waals surface area (Å²) in [5.41, 5.74) is 2.91. The van der Waals surface area contributed by atoms with Gasteiger partial charge in [0, 0.05) is 44.6 Å². The molecular weight excluding hydrogens is 360 g/mol. The molecule has 4 rings (SSSR count). The van der Waals surface area contributed by atoms with Crippen LogP contribution in [0, 0.1) is 11.8 Å². The van der Waals surface area contributed by atoms with E-state index in [2.05, 4.69) is 17.4 Å². The number of rotatable bonds is 5. The third-order valence-electron chi connectivity index (χ3n) is 5.62. The Morgan fingerprint density at radius 3 is 2.07 bits per heavy atom. The van der Waals surface area contributed by atoms with Gasteiger partial charge < -0.3 is 10.2 Å². The quantitative estimate of drug-likeness (QED) is 0.803. The number of nitrogens with zero attached hydrogens (tertiary/aromatic N) is 1. The molecule has 2 heterocycles. The van der Waals surface area contributed by atoms with Crippen molar-refractivity contribution in [3.8, 4) is 11.1 Å². The fraction of sp³-hybridized carbons (Fsp3) is 0.364. The summed E-state index contributed by atoms with van der Waals surface area (Å²) in [5.74, 6) is 1.35. The lowest BCUT2D eigenvalue weighted by Gasteiger charge is -2.17. The number of halogens is 1. The molecule has 0 bridgehead atoms. The van der Waals surface area contributed by atoms with E-state index in [0.717, 1.165) is 37.3 Å². The topological polar surface area (TPSA) is 49.4 Å². The molecule has 2 fully saturated rings. The van der Waals surface area contributed by atoms with Gasteiger partial charge in [0.2, 0.25) is 5.91 Å². The highest BCUT2D eigenvalue weighted by atomic mass is 35.5. The van der Waals surface area contributed by atoms with Gasteiger partial charge in [-0.2, -0.15) is 0 Å². The summed E-state index contributed by atoms with van der Waals surface area (Å²) in [6.45, 7) is 3.72. The van der Waals surface area contributed by atoms with E-state index in [1.807, 2.05) is 47.4 Å². The molecule has 5 heteroatoms. The van der Waals surface area contributed by atoms with Gasteiger partial charge in [0.15, 0.2) is 5.78 Å². The highest BCUT2D eigenvalue weighted by Gasteiger charge is 2.37. The minimum atomic E-state index is 0. The molecule has 2 aromatic carbocycles. The average Bonchev–Trinajstić information content (AvgIpc) is 3.29. The Morgan fingerprint density at radius 2 is 1.44 bits per heavy atom. The summed E-state index contributed by atoms with van der Waals surface area (Å²) in [4.78, 5) is 26.8. The lowest BCUT2D eigenvalue weighted by molar-refractivity contribution is -0.130. The predicted molar refractivity (Wildman–Crippen MR) is 109 cm³/mol. The molecule has 0 saturated carbocycles. The standard InChI is InChI=1S/C22H24N2O2.ClH/c25-21(10-11-22(26)24-14-19-12-23-13-20(19)15-24)18-8-6-17(7-9-18)16-4-2-1-3-5-16;/h1-9,19-20,23H,10-15H2;1H/t19-,20+;. The maximum atomic E-state index is 12.4. The van der Waals surface area contributed by atoms with Gasteiger partial charge in [-0.25, -0.2) is 0 Å². The van der Waals surface area contributed by atoms with Crippen LogP contribution in [-0.4, -0.2) is 42.8 Å². The summed E-state index contributed by atoms with van der Waals surface area (Å²) in [6.07, 6.45) is 0.597. The molecule has 2 aliphatic heterocycles. The maximum absolute atomic E-state index is 12.4. The number of nitrogens with one attached hydrogen (secondary N) is 1. The molecule has 142 valence electrons. The number of ketones is 1. The molecule has 0 aromatic heterocycles. The number of carbonyl (C=O) groups excluding carboxylic acids is 2. The number of fused-ring (bicyclic) bond motifs is 1. The number of carbonyl (C=O) groups is 2. The Bertz CT molecular complexity index is 780. The Morgan fingerprint density at radius 1 is 0.852 bits per heavy atom. The van der Waals surface area contributed by atoms with E-state index in [1.165, 1.54) is 0 Å². The number of Topliss-reactive ketones (excluding diaryl/α,β-unsaturated/α-hetero) is 1. The summed E-state index contributed by atoms with van der Waals surface area (Å²) in [6, 6.07) is 17.8. The van der Waals surface area contributed by atoms with Crippen molar-refractivity contribution in [1.82, 2.24) is 10.2 Å². The number of likely N-dealkylation sites (tertiary alicyclic amines) is 1. The molecular formula is C22H25ClN2O2. The summed E-state index contributed by atoms with van der Waals surface area (Å²) < 4.78 is 0. The zero-order chi connectivity index (χ0) is 17.9. The third-order valence-corrected chi connectivity index (χ3v) is 5.62. The lowest BCUT2D eigenvalue weighted by Crippen LogP contribution is -2.32. The van der Waals surface area contributed by atoms with E-state index in [9.17, 15) is 9.59 Å². The smallest absolute Gasteiger partial charge is 0.223 e. The van der Waals surface area contributed by atoms with Crippen LogP contribution in [0.1, 0.15) is 23.2 Å². The van der Waals surface area contributed by atoms with Crippen LogP contribution in [-0.2, 0) is 4.79 Å². The summed E-state index contributed by atoms with van der Waals surface area (Å²) in [5, 5.41) is 3.38. The number of hydrogen-bond donors (Lipinski definition) is 1. The molecule has 0 radical (unpaired) electrons. The first kappa shape index (κ1) is 19.6. The largest absolute Gasteiger partial charge is 0.342 e. The van der Waals surface area contributed by atoms with Crippen LogP contribution < -0.4 is 5.32 Å². The molecule has 27 heavy (non-hydrogen) atoms. The number of hydrogen-bond acceptors (Lipinski definition) is 3. The molecule has 1 N–H and O–H groups in total. The highest BCUT2D eigenvalue weighted by molar-refractivity contribution is 5.98. The van der Waals surface area contributed by atoms with Crippen LogP contribution in [0.15, 0.2) is 54.6 Å². The Labute approximate surface area is 166 Å². The van der Waals surface area contributed by atoms with Crippen molar-refractivity contribution in [3.05, 3.63) is 60.2 Å². The second kappa shape index (κ2) is 8.68. The van der Waals surface area contributed by atoms with Crippen molar-refractivity contribution in [2.24, 2.45) is 11.8 Å². The van der Waals surface area contributed by atoms with E-state index in [0.29, 0.717) is 23.8 Å². The van der Waals surface area contributed by atoms with Crippen LogP contribution in [0.2, 0.25) is 0 Å². The lowest BCUT2D eigenvalue weighted by atomic mass is 10.0. The molecule has 2 aromatic rings. The van der Waals surface area contributed by atoms with Gasteiger partial charge in [-0.15, -0.1) is 12.4 Å². The molecule has 2 aliphatic rings. The van der Waals surface area contributed by atoms with E-state index in [1.54, 1.807) is 0 Å². The first-order chi connectivity index (χ1) is 12.7. The minimum absolute atomic E-state index is 0. The summed E-state index contributed by atoms with van der Waals surface area (Å²) >= 11 is 0. The van der Waals surface area contributed by atoms with Crippen molar-refractivity contribution in [3.63, 3.8) is 0 Å². The van der Waals surface area contributed by atoms with Crippen LogP contribution in [0.5, 0.6) is 0 Å². The van der Waals surface area contributed by atoms with Crippen LogP contribution >= 0.6 is 12.4 Å². The van der Waals surface area contributed by atoms with Gasteiger partial charge in [-0.1, -0.05) is 54.6 Å². The molecule has 2 saturated heterocycles. The van der Waals surface area contributed by atoms with Gasteiger partial charge in [0.25, 0.3) is 0 Å². The zero-order valence-electron chi connectivity index (χ0n) is 15.3. The number of amides is 1. The Hall–Kier alpha value is -2.17. The SMILES string of the molecule is Cl.O=C(CCC(=O)N1C[C@H]2CNC[C@H]2C1)c1ccc(-c2ccccc2)cc1. The van der Waals surface area contributed by atoms with Gasteiger partial charge in [-0.3, -0.25) is 9.59 Å². The zero-order valence-corrected chi connectivity index (χ0v) is 16.1. The first-order valence-electron chi connectivity index (χ1n) is 9.38. The van der Waals surface area contributed by atoms with Crippen molar-refractivity contribution >= 4 is 24.1 Å². The Balaban J connectivity index is 0.00000210. The van der Waals surface area contributed by atoms with E-state index >= 15 is 0 Å². The maximum Gasteiger partial charge on any atom is 0.223 e. The van der Waals surface area contributed by atoms with Crippen molar-refractivity contribution in [2.45, 2.75) is 12.8 Å². The van der Waals surface area contributed by atoms with Crippen molar-refractivity contribution < 1.29 is 9.59 Å². The molecule has 0 spiro atoms. The summed E-state index contributed by atoms with van der Waals surface area (Å²) in [7, 11) is 0. The Kier molecular flexibility index (Phi) is 6.30. The van der Waals surface area contributed by atoms with Crippen molar-refractivity contribution in [2.75, 3.05) is 26.2 Å². The predicted octanol–water partition coefficient (Wildman–Crippen LogP) is 3.42. The first-order valence-corrected chi connectivity index (χ1v) is 9.38. The highest BCUT2D eigenvalue weighted by Crippen LogP contribution is 2.27. The van der Waals surface area contributed by atoms with E-state index in [4.69, 9.17) is 0 Å². The molecule has 4 nitrogen and oxygen atoms in total. The normalized spacial score (nSPS) is 20.8. The fourth-order valence-corrected chi connectivity index (χ4v) is 4.06. The fourth-order valence-electron chi connectivity index (χ4n) is 4.06. The van der Waals surface area contributed by atoms with Gasteiger partial charge in [-0.05, 0) is 23.0 Å². The third kappa shape index (κ3) is 4.40. The monoisotopic (exact) mass is 384 g/mol. The molecule has 1 amide bonds. The van der Waals surface area contributed by atoms with E-state index < -0.39 is 0 Å². The van der Waals surface area contributed by atoms with Crippen molar-refractivity contribution in [1.29, 1.82) is 0 Å². The van der Waals surface area contributed by atoms with Crippen LogP contribution in [0.25, 0.3) is 11.1 Å². The van der Waals surface area contributed by atoms with Gasteiger partial charge in [0.1, 0.15) is 0 Å². The van der Waals surface area contributed by atoms with Gasteiger partial charge in [0.05, 0.1) is 0 Å². The molecule has 0 unspecified atom stereocenters. The minimum Gasteiger partial charge on any atom is -0.342 e. The molecule has 0 aliphatic carbocycles. The van der Waals surface area contributed by atoms with Gasteiger partial charge >= 0.3 is 0 Å². The average molecular weight is 385 g/mol. The molecule has 2 atom stereocenters.